The summed E-state index contributed by atoms with van der Waals surface area (Å²) in [5, 5.41) is 2.92. The molecule has 0 aromatic heterocycles. The van der Waals surface area contributed by atoms with E-state index in [-0.39, 0.29) is 11.4 Å². The first-order chi connectivity index (χ1) is 7.35. The Morgan fingerprint density at radius 2 is 2.00 bits per heavy atom. The monoisotopic (exact) mass is 239 g/mol. The summed E-state index contributed by atoms with van der Waals surface area (Å²) in [6.07, 6.45) is 0. The Bertz CT molecular complexity index is 399. The lowest BCUT2D eigenvalue weighted by atomic mass is 10.0. The molecule has 0 atom stereocenters. The highest BCUT2D eigenvalue weighted by Crippen LogP contribution is 2.13. The number of benzene rings is 1. The number of hydrogen-bond acceptors (Lipinski definition) is 1. The fourth-order valence-electron chi connectivity index (χ4n) is 1.39. The van der Waals surface area contributed by atoms with Gasteiger partial charge < -0.3 is 5.32 Å². The van der Waals surface area contributed by atoms with Crippen LogP contribution in [0.3, 0.4) is 0 Å². The number of rotatable bonds is 3. The molecule has 0 aliphatic carbocycles. The van der Waals surface area contributed by atoms with Crippen LogP contribution in [0.4, 0.5) is 0 Å². The summed E-state index contributed by atoms with van der Waals surface area (Å²) >= 11 is 5.78. The second kappa shape index (κ2) is 4.88. The second-order valence-corrected chi connectivity index (χ2v) is 5.06. The molecule has 0 aliphatic rings. The Morgan fingerprint density at radius 1 is 1.38 bits per heavy atom. The quantitative estimate of drug-likeness (QED) is 0.808. The molecule has 3 heteroatoms. The zero-order valence-corrected chi connectivity index (χ0v) is 11.0. The number of carbonyl (C=O) groups excluding carboxylic acids is 1. The minimum Gasteiger partial charge on any atom is -0.346 e. The summed E-state index contributed by atoms with van der Waals surface area (Å²) in [4.78, 5) is 12.0. The first-order valence-corrected chi connectivity index (χ1v) is 5.85. The molecule has 0 heterocycles. The van der Waals surface area contributed by atoms with Crippen LogP contribution in [-0.2, 0) is 0 Å². The van der Waals surface area contributed by atoms with Crippen molar-refractivity contribution in [2.75, 3.05) is 5.88 Å². The standard InChI is InChI=1S/C13H18ClNO/c1-9-5-6-10(2)11(7-9)12(16)15-13(3,4)8-14/h5-7H,8H2,1-4H3,(H,15,16). The zero-order chi connectivity index (χ0) is 12.3. The van der Waals surface area contributed by atoms with Gasteiger partial charge in [-0.05, 0) is 39.3 Å². The second-order valence-electron chi connectivity index (χ2n) is 4.79. The van der Waals surface area contributed by atoms with Gasteiger partial charge in [-0.25, -0.2) is 0 Å². The lowest BCUT2D eigenvalue weighted by Gasteiger charge is -2.23. The van der Waals surface area contributed by atoms with Crippen molar-refractivity contribution in [3.05, 3.63) is 34.9 Å². The highest BCUT2D eigenvalue weighted by Gasteiger charge is 2.20. The van der Waals surface area contributed by atoms with Gasteiger partial charge in [0.05, 0.1) is 0 Å². The van der Waals surface area contributed by atoms with Gasteiger partial charge >= 0.3 is 0 Å². The molecule has 1 N–H and O–H groups in total. The molecule has 0 aliphatic heterocycles. The number of carbonyl (C=O) groups is 1. The summed E-state index contributed by atoms with van der Waals surface area (Å²) < 4.78 is 0. The van der Waals surface area contributed by atoms with E-state index in [2.05, 4.69) is 5.32 Å². The molecular weight excluding hydrogens is 222 g/mol. The van der Waals surface area contributed by atoms with Gasteiger partial charge in [-0.3, -0.25) is 4.79 Å². The van der Waals surface area contributed by atoms with Crippen molar-refractivity contribution in [2.24, 2.45) is 0 Å². The maximum Gasteiger partial charge on any atom is 0.252 e. The fraction of sp³-hybridized carbons (Fsp3) is 0.462. The van der Waals surface area contributed by atoms with Crippen LogP contribution in [0.2, 0.25) is 0 Å². The molecule has 0 unspecified atom stereocenters. The molecule has 2 nitrogen and oxygen atoms in total. The van der Waals surface area contributed by atoms with Gasteiger partial charge in [0.2, 0.25) is 0 Å². The van der Waals surface area contributed by atoms with Crippen molar-refractivity contribution in [1.82, 2.24) is 5.32 Å². The third-order valence-corrected chi connectivity index (χ3v) is 3.09. The van der Waals surface area contributed by atoms with Gasteiger partial charge in [0.25, 0.3) is 5.91 Å². The van der Waals surface area contributed by atoms with E-state index >= 15 is 0 Å². The Kier molecular flexibility index (Phi) is 3.98. The smallest absolute Gasteiger partial charge is 0.252 e. The van der Waals surface area contributed by atoms with Crippen molar-refractivity contribution in [3.63, 3.8) is 0 Å². The average Bonchev–Trinajstić information content (AvgIpc) is 2.21. The molecular formula is C13H18ClNO. The molecule has 1 aromatic rings. The topological polar surface area (TPSA) is 29.1 Å². The van der Waals surface area contributed by atoms with E-state index in [1.165, 1.54) is 0 Å². The summed E-state index contributed by atoms with van der Waals surface area (Å²) in [6, 6.07) is 5.85. The van der Waals surface area contributed by atoms with Crippen molar-refractivity contribution in [1.29, 1.82) is 0 Å². The van der Waals surface area contributed by atoms with Gasteiger partial charge in [0.15, 0.2) is 0 Å². The SMILES string of the molecule is Cc1ccc(C)c(C(=O)NC(C)(C)CCl)c1. The Balaban J connectivity index is 2.93. The molecule has 0 bridgehead atoms. The molecule has 0 saturated heterocycles. The van der Waals surface area contributed by atoms with E-state index in [4.69, 9.17) is 11.6 Å². The maximum absolute atomic E-state index is 12.0. The molecule has 1 rings (SSSR count). The molecule has 0 spiro atoms. The summed E-state index contributed by atoms with van der Waals surface area (Å²) in [7, 11) is 0. The van der Waals surface area contributed by atoms with E-state index in [0.29, 0.717) is 5.88 Å². The predicted octanol–water partition coefficient (Wildman–Crippen LogP) is 3.05. The van der Waals surface area contributed by atoms with Crippen LogP contribution in [0.25, 0.3) is 0 Å². The molecule has 88 valence electrons. The summed E-state index contributed by atoms with van der Waals surface area (Å²) in [5.41, 5.74) is 2.40. The van der Waals surface area contributed by atoms with E-state index in [1.54, 1.807) is 0 Å². The van der Waals surface area contributed by atoms with Crippen molar-refractivity contribution in [3.8, 4) is 0 Å². The van der Waals surface area contributed by atoms with E-state index in [0.717, 1.165) is 16.7 Å². The van der Waals surface area contributed by atoms with Gasteiger partial charge in [-0.15, -0.1) is 11.6 Å². The Hall–Kier alpha value is -1.02. The lowest BCUT2D eigenvalue weighted by Crippen LogP contribution is -2.45. The van der Waals surface area contributed by atoms with Crippen molar-refractivity contribution in [2.45, 2.75) is 33.2 Å². The van der Waals surface area contributed by atoms with Crippen molar-refractivity contribution >= 4 is 17.5 Å². The zero-order valence-electron chi connectivity index (χ0n) is 10.2. The van der Waals surface area contributed by atoms with Gasteiger partial charge in [-0.1, -0.05) is 17.7 Å². The van der Waals surface area contributed by atoms with Gasteiger partial charge in [-0.2, -0.15) is 0 Å². The van der Waals surface area contributed by atoms with Gasteiger partial charge in [0, 0.05) is 17.0 Å². The minimum atomic E-state index is -0.380. The van der Waals surface area contributed by atoms with E-state index in [1.807, 2.05) is 45.9 Å². The Morgan fingerprint density at radius 3 is 2.56 bits per heavy atom. The fourth-order valence-corrected chi connectivity index (χ4v) is 1.46. The number of hydrogen-bond donors (Lipinski definition) is 1. The van der Waals surface area contributed by atoms with Crippen LogP contribution in [-0.4, -0.2) is 17.3 Å². The lowest BCUT2D eigenvalue weighted by molar-refractivity contribution is 0.0920. The van der Waals surface area contributed by atoms with Gasteiger partial charge in [0.1, 0.15) is 0 Å². The summed E-state index contributed by atoms with van der Waals surface area (Å²) in [5.74, 6) is 0.329. The summed E-state index contributed by atoms with van der Waals surface area (Å²) in [6.45, 7) is 7.72. The maximum atomic E-state index is 12.0. The van der Waals surface area contributed by atoms with E-state index in [9.17, 15) is 4.79 Å². The minimum absolute atomic E-state index is 0.0631. The highest BCUT2D eigenvalue weighted by molar-refractivity contribution is 6.18. The van der Waals surface area contributed by atoms with Crippen molar-refractivity contribution < 1.29 is 4.79 Å². The average molecular weight is 240 g/mol. The van der Waals surface area contributed by atoms with Crippen LogP contribution in [0.15, 0.2) is 18.2 Å². The molecule has 1 amide bonds. The van der Waals surface area contributed by atoms with E-state index < -0.39 is 0 Å². The Labute approximate surface area is 102 Å². The van der Waals surface area contributed by atoms with Crippen LogP contribution < -0.4 is 5.32 Å². The van der Waals surface area contributed by atoms with Crippen LogP contribution in [0.5, 0.6) is 0 Å². The predicted molar refractivity (Wildman–Crippen MR) is 68.2 cm³/mol. The van der Waals surface area contributed by atoms with Crippen LogP contribution >= 0.6 is 11.6 Å². The number of nitrogens with one attached hydrogen (secondary N) is 1. The molecule has 0 fully saturated rings. The third-order valence-electron chi connectivity index (χ3n) is 2.42. The molecule has 0 radical (unpaired) electrons. The number of aryl methyl sites for hydroxylation is 2. The third kappa shape index (κ3) is 3.24. The molecule has 16 heavy (non-hydrogen) atoms. The first kappa shape index (κ1) is 13.0. The normalized spacial score (nSPS) is 11.3. The van der Waals surface area contributed by atoms with Crippen LogP contribution in [0.1, 0.15) is 35.3 Å². The number of halogens is 1. The number of amides is 1. The largest absolute Gasteiger partial charge is 0.346 e. The highest BCUT2D eigenvalue weighted by atomic mass is 35.5. The first-order valence-electron chi connectivity index (χ1n) is 5.31. The molecule has 0 saturated carbocycles. The number of alkyl halides is 1. The molecule has 1 aromatic carbocycles. The van der Waals surface area contributed by atoms with Crippen LogP contribution in [0, 0.1) is 13.8 Å².